The summed E-state index contributed by atoms with van der Waals surface area (Å²) in [6.45, 7) is 9.27. The van der Waals surface area contributed by atoms with Crippen LogP contribution in [0.4, 0.5) is 5.13 Å². The zero-order valence-corrected chi connectivity index (χ0v) is 19.5. The number of rotatable bonds is 6. The van der Waals surface area contributed by atoms with E-state index >= 15 is 0 Å². The van der Waals surface area contributed by atoms with Crippen molar-refractivity contribution in [2.45, 2.75) is 59.4 Å². The predicted molar refractivity (Wildman–Crippen MR) is 122 cm³/mol. The molecule has 1 saturated heterocycles. The van der Waals surface area contributed by atoms with Gasteiger partial charge >= 0.3 is 0 Å². The highest BCUT2D eigenvalue weighted by Gasteiger charge is 2.35. The van der Waals surface area contributed by atoms with Gasteiger partial charge in [-0.15, -0.1) is 10.2 Å². The first-order chi connectivity index (χ1) is 14.1. The van der Waals surface area contributed by atoms with Crippen LogP contribution in [0.25, 0.3) is 10.6 Å². The van der Waals surface area contributed by atoms with Crippen molar-refractivity contribution in [3.8, 4) is 10.6 Å². The van der Waals surface area contributed by atoms with Crippen LogP contribution < -0.4 is 5.32 Å². The topological polar surface area (TPSA) is 75.2 Å². The summed E-state index contributed by atoms with van der Waals surface area (Å²) in [6, 6.07) is 6.90. The number of likely N-dealkylation sites (tertiary alicyclic amines) is 1. The maximum absolute atomic E-state index is 12.9. The molecule has 2 amide bonds. The van der Waals surface area contributed by atoms with Gasteiger partial charge in [0.2, 0.25) is 16.9 Å². The minimum atomic E-state index is -0.446. The lowest BCUT2D eigenvalue weighted by molar-refractivity contribution is -0.137. The summed E-state index contributed by atoms with van der Waals surface area (Å²) in [5.41, 5.74) is 1.03. The molecular formula is C22H29ClN4O2S. The second-order valence-electron chi connectivity index (χ2n) is 9.23. The standard InChI is InChI=1S/C22H29ClN4O2S/c1-14(13-22(2,3)4)11-18(28)27-10-6-9-17(27)19(29)24-21-26-25-20(30-21)15-7-5-8-16(23)12-15/h5,7-8,12,14,17H,6,9-11,13H2,1-4H3,(H,24,26,29). The van der Waals surface area contributed by atoms with Crippen molar-refractivity contribution in [1.29, 1.82) is 0 Å². The van der Waals surface area contributed by atoms with Crippen LogP contribution in [-0.4, -0.2) is 39.5 Å². The number of nitrogens with zero attached hydrogens (tertiary/aromatic N) is 3. The van der Waals surface area contributed by atoms with Crippen LogP contribution in [0.2, 0.25) is 5.02 Å². The number of carbonyl (C=O) groups is 2. The molecule has 3 rings (SSSR count). The van der Waals surface area contributed by atoms with Crippen LogP contribution in [0.3, 0.4) is 0 Å². The number of halogens is 1. The Labute approximate surface area is 187 Å². The van der Waals surface area contributed by atoms with Crippen LogP contribution in [-0.2, 0) is 9.59 Å². The van der Waals surface area contributed by atoms with Crippen LogP contribution >= 0.6 is 22.9 Å². The normalized spacial score (nSPS) is 17.8. The van der Waals surface area contributed by atoms with E-state index in [1.807, 2.05) is 18.2 Å². The minimum absolute atomic E-state index is 0.0567. The molecular weight excluding hydrogens is 420 g/mol. The average molecular weight is 449 g/mol. The molecule has 2 unspecified atom stereocenters. The summed E-state index contributed by atoms with van der Waals surface area (Å²) in [5, 5.41) is 12.8. The molecule has 1 aliphatic rings. The molecule has 162 valence electrons. The third kappa shape index (κ3) is 6.01. The van der Waals surface area contributed by atoms with Crippen molar-refractivity contribution < 1.29 is 9.59 Å². The van der Waals surface area contributed by atoms with Crippen molar-refractivity contribution >= 4 is 39.9 Å². The second-order valence-corrected chi connectivity index (χ2v) is 10.6. The summed E-state index contributed by atoms with van der Waals surface area (Å²) in [6.07, 6.45) is 2.95. The fourth-order valence-corrected chi connectivity index (χ4v) is 5.00. The van der Waals surface area contributed by atoms with Gasteiger partial charge in [0.1, 0.15) is 11.0 Å². The predicted octanol–water partition coefficient (Wildman–Crippen LogP) is 5.25. The molecule has 1 aliphatic heterocycles. The molecule has 0 spiro atoms. The zero-order valence-electron chi connectivity index (χ0n) is 17.9. The lowest BCUT2D eigenvalue weighted by Crippen LogP contribution is -2.43. The summed E-state index contributed by atoms with van der Waals surface area (Å²) in [7, 11) is 0. The van der Waals surface area contributed by atoms with Gasteiger partial charge in [-0.05, 0) is 42.7 Å². The maximum atomic E-state index is 12.9. The molecule has 0 aliphatic carbocycles. The smallest absolute Gasteiger partial charge is 0.249 e. The Balaban J connectivity index is 1.61. The van der Waals surface area contributed by atoms with Gasteiger partial charge in [0.25, 0.3) is 0 Å². The number of amides is 2. The summed E-state index contributed by atoms with van der Waals surface area (Å²) < 4.78 is 0. The maximum Gasteiger partial charge on any atom is 0.249 e. The fourth-order valence-electron chi connectivity index (χ4n) is 4.07. The molecule has 0 bridgehead atoms. The highest BCUT2D eigenvalue weighted by atomic mass is 35.5. The van der Waals surface area contributed by atoms with Crippen molar-refractivity contribution in [2.24, 2.45) is 11.3 Å². The Morgan fingerprint density at radius 3 is 2.80 bits per heavy atom. The Hall–Kier alpha value is -1.99. The van der Waals surface area contributed by atoms with Crippen LogP contribution in [0.1, 0.15) is 53.4 Å². The number of anilines is 1. The average Bonchev–Trinajstić information content (AvgIpc) is 3.29. The summed E-state index contributed by atoms with van der Waals surface area (Å²) in [5.74, 6) is 0.143. The van der Waals surface area contributed by atoms with Gasteiger partial charge in [0.15, 0.2) is 0 Å². The molecule has 0 saturated carbocycles. The molecule has 1 aromatic carbocycles. The number of benzene rings is 1. The molecule has 6 nitrogen and oxygen atoms in total. The fraction of sp³-hybridized carbons (Fsp3) is 0.545. The quantitative estimate of drug-likeness (QED) is 0.654. The molecule has 2 aromatic rings. The van der Waals surface area contributed by atoms with E-state index in [0.717, 1.165) is 18.4 Å². The van der Waals surface area contributed by atoms with Gasteiger partial charge in [-0.3, -0.25) is 14.9 Å². The van der Waals surface area contributed by atoms with Crippen molar-refractivity contribution in [2.75, 3.05) is 11.9 Å². The number of nitrogens with one attached hydrogen (secondary N) is 1. The van der Waals surface area contributed by atoms with E-state index in [0.29, 0.717) is 34.5 Å². The Bertz CT molecular complexity index is 909. The number of carbonyl (C=O) groups excluding carboxylic acids is 2. The van der Waals surface area contributed by atoms with E-state index in [2.05, 4.69) is 43.2 Å². The van der Waals surface area contributed by atoms with E-state index in [1.165, 1.54) is 11.3 Å². The molecule has 1 fully saturated rings. The highest BCUT2D eigenvalue weighted by molar-refractivity contribution is 7.18. The lowest BCUT2D eigenvalue weighted by atomic mass is 9.84. The van der Waals surface area contributed by atoms with E-state index in [1.54, 1.807) is 11.0 Å². The zero-order chi connectivity index (χ0) is 21.9. The Morgan fingerprint density at radius 2 is 2.10 bits per heavy atom. The molecule has 1 aromatic heterocycles. The first-order valence-electron chi connectivity index (χ1n) is 10.3. The summed E-state index contributed by atoms with van der Waals surface area (Å²) >= 11 is 7.33. The molecule has 1 N–H and O–H groups in total. The number of hydrogen-bond donors (Lipinski definition) is 1. The van der Waals surface area contributed by atoms with E-state index in [4.69, 9.17) is 11.6 Å². The first-order valence-corrected chi connectivity index (χ1v) is 11.5. The molecule has 2 heterocycles. The van der Waals surface area contributed by atoms with Gasteiger partial charge in [-0.1, -0.05) is 62.8 Å². The number of hydrogen-bond acceptors (Lipinski definition) is 5. The molecule has 2 atom stereocenters. The van der Waals surface area contributed by atoms with Gasteiger partial charge in [-0.25, -0.2) is 0 Å². The van der Waals surface area contributed by atoms with Crippen molar-refractivity contribution in [3.05, 3.63) is 29.3 Å². The first kappa shape index (κ1) is 22.7. The van der Waals surface area contributed by atoms with Gasteiger partial charge in [-0.2, -0.15) is 0 Å². The Morgan fingerprint density at radius 1 is 1.33 bits per heavy atom. The third-order valence-corrected chi connectivity index (χ3v) is 6.21. The van der Waals surface area contributed by atoms with Crippen molar-refractivity contribution in [1.82, 2.24) is 15.1 Å². The minimum Gasteiger partial charge on any atom is -0.331 e. The van der Waals surface area contributed by atoms with Crippen LogP contribution in [0, 0.1) is 11.3 Å². The second kappa shape index (κ2) is 9.43. The molecule has 8 heteroatoms. The van der Waals surface area contributed by atoms with Gasteiger partial charge in [0.05, 0.1) is 0 Å². The Kier molecular flexibility index (Phi) is 7.14. The van der Waals surface area contributed by atoms with Gasteiger partial charge < -0.3 is 4.90 Å². The van der Waals surface area contributed by atoms with E-state index in [9.17, 15) is 9.59 Å². The van der Waals surface area contributed by atoms with Crippen molar-refractivity contribution in [3.63, 3.8) is 0 Å². The molecule has 0 radical (unpaired) electrons. The number of aromatic nitrogens is 2. The van der Waals surface area contributed by atoms with Gasteiger partial charge in [0, 0.05) is 23.6 Å². The van der Waals surface area contributed by atoms with Crippen LogP contribution in [0.5, 0.6) is 0 Å². The van der Waals surface area contributed by atoms with E-state index in [-0.39, 0.29) is 23.1 Å². The third-order valence-electron chi connectivity index (χ3n) is 5.09. The SMILES string of the molecule is CC(CC(=O)N1CCCC1C(=O)Nc1nnc(-c2cccc(Cl)c2)s1)CC(C)(C)C. The van der Waals surface area contributed by atoms with E-state index < -0.39 is 6.04 Å². The monoisotopic (exact) mass is 448 g/mol. The summed E-state index contributed by atoms with van der Waals surface area (Å²) in [4.78, 5) is 27.4. The largest absolute Gasteiger partial charge is 0.331 e. The lowest BCUT2D eigenvalue weighted by Gasteiger charge is -2.27. The molecule has 30 heavy (non-hydrogen) atoms. The highest BCUT2D eigenvalue weighted by Crippen LogP contribution is 2.30. The van der Waals surface area contributed by atoms with Crippen LogP contribution in [0.15, 0.2) is 24.3 Å².